The van der Waals surface area contributed by atoms with Crippen LogP contribution in [0.15, 0.2) is 77.0 Å². The molecule has 1 amide bonds. The number of benzene rings is 2. The van der Waals surface area contributed by atoms with Crippen LogP contribution in [0, 0.1) is 38.7 Å². The lowest BCUT2D eigenvalue weighted by molar-refractivity contribution is -0.384. The van der Waals surface area contributed by atoms with Crippen LogP contribution < -0.4 is 19.7 Å². The number of hydrogen-bond acceptors (Lipinski definition) is 11. The maximum atomic E-state index is 13.9. The monoisotopic (exact) mass is 851 g/mol. The zero-order valence-corrected chi connectivity index (χ0v) is 36.2. The van der Waals surface area contributed by atoms with E-state index in [0.29, 0.717) is 42.0 Å². The summed E-state index contributed by atoms with van der Waals surface area (Å²) in [6.45, 7) is 13.5. The smallest absolute Gasteiger partial charge is 0.293 e. The minimum Gasteiger partial charge on any atom is -0.455 e. The first-order chi connectivity index (χ1) is 29.2. The quantitative estimate of drug-likeness (QED) is 0.0672. The molecule has 15 heteroatoms. The second-order valence-corrected chi connectivity index (χ2v) is 20.9. The van der Waals surface area contributed by atoms with Crippen molar-refractivity contribution in [1.82, 2.24) is 19.6 Å². The van der Waals surface area contributed by atoms with Gasteiger partial charge < -0.3 is 24.7 Å². The summed E-state index contributed by atoms with van der Waals surface area (Å²) in [6, 6.07) is 12.4. The number of nitro groups is 1. The van der Waals surface area contributed by atoms with Crippen LogP contribution in [0.25, 0.3) is 11.0 Å². The fourth-order valence-electron chi connectivity index (χ4n) is 10.7. The number of carbonyl (C=O) groups excluding carboxylic acids is 1. The molecule has 4 aliphatic carbocycles. The Morgan fingerprint density at radius 2 is 1.82 bits per heavy atom. The number of amides is 1. The summed E-state index contributed by atoms with van der Waals surface area (Å²) in [5.74, 6) is 1.51. The lowest BCUT2D eigenvalue weighted by Crippen LogP contribution is -2.47. The molecule has 0 radical (unpaired) electrons. The normalized spacial score (nSPS) is 24.4. The van der Waals surface area contributed by atoms with E-state index in [1.807, 2.05) is 12.1 Å². The molecule has 4 aromatic rings. The molecule has 2 bridgehead atoms. The van der Waals surface area contributed by atoms with Crippen molar-refractivity contribution in [3.63, 3.8) is 0 Å². The molecule has 14 nitrogen and oxygen atoms in total. The Labute approximate surface area is 357 Å². The molecule has 61 heavy (non-hydrogen) atoms. The Morgan fingerprint density at radius 1 is 1.03 bits per heavy atom. The fourth-order valence-corrected chi connectivity index (χ4v) is 11.6. The van der Waals surface area contributed by atoms with E-state index >= 15 is 0 Å². The van der Waals surface area contributed by atoms with Gasteiger partial charge in [-0.15, -0.1) is 0 Å². The molecular formula is C46H57N7O7S. The van der Waals surface area contributed by atoms with Crippen LogP contribution in [-0.4, -0.2) is 86.6 Å². The molecule has 4 heterocycles. The van der Waals surface area contributed by atoms with Gasteiger partial charge in [0.1, 0.15) is 22.8 Å². The first kappa shape index (κ1) is 41.4. The minimum atomic E-state index is -4.54. The van der Waals surface area contributed by atoms with Gasteiger partial charge in [0.15, 0.2) is 0 Å². The summed E-state index contributed by atoms with van der Waals surface area (Å²) in [5, 5.41) is 16.0. The number of H-pyrrole nitrogens is 1. The molecule has 324 valence electrons. The van der Waals surface area contributed by atoms with Gasteiger partial charge in [0.05, 0.1) is 21.6 Å². The van der Waals surface area contributed by atoms with Crippen molar-refractivity contribution in [1.29, 1.82) is 0 Å². The number of rotatable bonds is 13. The zero-order chi connectivity index (χ0) is 42.5. The van der Waals surface area contributed by atoms with E-state index in [0.717, 1.165) is 74.5 Å². The van der Waals surface area contributed by atoms with E-state index in [9.17, 15) is 23.3 Å². The number of pyridine rings is 1. The molecule has 2 aromatic carbocycles. The molecule has 0 spiro atoms. The van der Waals surface area contributed by atoms with Crippen LogP contribution in [0.2, 0.25) is 0 Å². The van der Waals surface area contributed by atoms with Crippen LogP contribution >= 0.6 is 0 Å². The molecule has 2 aromatic heterocycles. The number of aromatic nitrogens is 2. The molecule has 3 N–H and O–H groups in total. The highest BCUT2D eigenvalue weighted by molar-refractivity contribution is 7.90. The van der Waals surface area contributed by atoms with Crippen molar-refractivity contribution < 1.29 is 27.6 Å². The average Bonchev–Trinajstić information content (AvgIpc) is 3.94. The number of fused-ring (bicyclic) bond motifs is 2. The fraction of sp³-hybridized carbons (Fsp3) is 0.522. The van der Waals surface area contributed by atoms with Gasteiger partial charge in [-0.25, -0.2) is 18.1 Å². The Balaban J connectivity index is 0.921. The molecular weight excluding hydrogens is 795 g/mol. The molecule has 1 atom stereocenters. The van der Waals surface area contributed by atoms with Gasteiger partial charge in [0.2, 0.25) is 0 Å². The summed E-state index contributed by atoms with van der Waals surface area (Å²) >= 11 is 0. The van der Waals surface area contributed by atoms with Gasteiger partial charge >= 0.3 is 0 Å². The lowest BCUT2D eigenvalue weighted by atomic mass is 9.67. The largest absolute Gasteiger partial charge is 0.455 e. The highest BCUT2D eigenvalue weighted by Gasteiger charge is 2.54. The van der Waals surface area contributed by atoms with Crippen molar-refractivity contribution in [2.75, 3.05) is 62.7 Å². The number of nitrogens with zero attached hydrogens (tertiary/aromatic N) is 4. The predicted molar refractivity (Wildman–Crippen MR) is 235 cm³/mol. The number of piperazine rings is 1. The summed E-state index contributed by atoms with van der Waals surface area (Å²) in [4.78, 5) is 37.3. The predicted octanol–water partition coefficient (Wildman–Crippen LogP) is 8.29. The Hall–Kier alpha value is -4.99. The van der Waals surface area contributed by atoms with Crippen molar-refractivity contribution in [2.24, 2.45) is 28.6 Å². The third-order valence-electron chi connectivity index (χ3n) is 14.1. The first-order valence-corrected chi connectivity index (χ1v) is 23.3. The summed E-state index contributed by atoms with van der Waals surface area (Å²) in [5.41, 5.74) is 5.67. The van der Waals surface area contributed by atoms with Gasteiger partial charge in [-0.2, -0.15) is 0 Å². The number of ether oxygens (including phenoxy) is 2. The SMILES string of the molecule is CC1(C)CCC(CN2CCN(c3ccc(C(=O)NS(=O)(=O)c4ccc(NCC5CCOCC5)c([N+](=O)[O-])c4)c(Oc4cnc5[nH]ccc5c4)c3)CC2)=C([C@@H]2CC3(C)CC2C3)C1. The number of nitrogens with one attached hydrogen (secondary N) is 3. The standard InChI is InChI=1S/C46H57N7O7S/c1-45(2)12-8-32(38(25-45)39-26-46(3)23-33(39)24-46)29-51-14-16-52(17-15-51)34-4-6-37(42(21-34)60-35-20-31-9-13-47-43(31)49-28-35)44(54)50-61(57,58)36-5-7-40(41(22-36)53(55)56)48-27-30-10-18-59-19-11-30/h4-7,9,13,20-22,28,30,33,39,48H,8,10-12,14-19,23-27,29H2,1-3H3,(H,47,49)(H,50,54)/t33?,39-,46?/m1/s1. The van der Waals surface area contributed by atoms with Crippen molar-refractivity contribution in [3.05, 3.63) is 87.7 Å². The second-order valence-electron chi connectivity index (χ2n) is 19.2. The van der Waals surface area contributed by atoms with E-state index in [1.165, 1.54) is 50.7 Å². The van der Waals surface area contributed by atoms with Crippen LogP contribution in [-0.2, 0) is 14.8 Å². The van der Waals surface area contributed by atoms with Gasteiger partial charge in [-0.05, 0) is 116 Å². The van der Waals surface area contributed by atoms with Crippen LogP contribution in [0.1, 0.15) is 82.5 Å². The first-order valence-electron chi connectivity index (χ1n) is 21.8. The van der Waals surface area contributed by atoms with Gasteiger partial charge in [-0.3, -0.25) is 19.8 Å². The molecule has 2 saturated heterocycles. The van der Waals surface area contributed by atoms with Gasteiger partial charge in [0.25, 0.3) is 21.6 Å². The van der Waals surface area contributed by atoms with Crippen molar-refractivity contribution >= 4 is 44.0 Å². The summed E-state index contributed by atoms with van der Waals surface area (Å²) < 4.78 is 41.3. The average molecular weight is 852 g/mol. The minimum absolute atomic E-state index is 0.0114. The number of nitro benzene ring substituents is 1. The third-order valence-corrected chi connectivity index (χ3v) is 15.4. The topological polar surface area (TPSA) is 172 Å². The van der Waals surface area contributed by atoms with Crippen LogP contribution in [0.4, 0.5) is 17.1 Å². The molecule has 2 aliphatic heterocycles. The number of anilines is 2. The van der Waals surface area contributed by atoms with Crippen molar-refractivity contribution in [3.8, 4) is 11.5 Å². The number of sulfonamides is 1. The van der Waals surface area contributed by atoms with Crippen LogP contribution in [0.5, 0.6) is 11.5 Å². The van der Waals surface area contributed by atoms with Crippen LogP contribution in [0.3, 0.4) is 0 Å². The number of carbonyl (C=O) groups is 1. The Bertz CT molecular complexity index is 2460. The Morgan fingerprint density at radius 3 is 2.56 bits per heavy atom. The summed E-state index contributed by atoms with van der Waals surface area (Å²) in [6.07, 6.45) is 12.7. The maximum absolute atomic E-state index is 13.9. The van der Waals surface area contributed by atoms with Gasteiger partial charge in [-0.1, -0.05) is 31.9 Å². The van der Waals surface area contributed by atoms with E-state index in [4.69, 9.17) is 9.47 Å². The number of hydrogen-bond donors (Lipinski definition) is 3. The Kier molecular flexibility index (Phi) is 11.1. The highest BCUT2D eigenvalue weighted by atomic mass is 32.2. The van der Waals surface area contributed by atoms with Gasteiger partial charge in [0, 0.05) is 81.9 Å². The zero-order valence-electron chi connectivity index (χ0n) is 35.4. The maximum Gasteiger partial charge on any atom is 0.293 e. The van der Waals surface area contributed by atoms with E-state index in [2.05, 4.69) is 50.6 Å². The van der Waals surface area contributed by atoms with E-state index < -0.39 is 31.4 Å². The molecule has 5 fully saturated rings. The van der Waals surface area contributed by atoms with E-state index in [-0.39, 0.29) is 22.9 Å². The lowest BCUT2D eigenvalue weighted by Gasteiger charge is -2.41. The molecule has 0 unspecified atom stereocenters. The summed E-state index contributed by atoms with van der Waals surface area (Å²) in [7, 11) is -4.54. The van der Waals surface area contributed by atoms with E-state index in [1.54, 1.807) is 41.7 Å². The van der Waals surface area contributed by atoms with Crippen molar-refractivity contribution in [2.45, 2.75) is 77.0 Å². The number of allylic oxidation sites excluding steroid dienone is 1. The highest BCUT2D eigenvalue weighted by Crippen LogP contribution is 2.65. The number of aromatic amines is 1. The molecule has 10 rings (SSSR count). The molecule has 3 saturated carbocycles. The second kappa shape index (κ2) is 16.4. The third kappa shape index (κ3) is 8.87. The molecule has 6 aliphatic rings.